The molecule has 0 spiro atoms. The van der Waals surface area contributed by atoms with E-state index < -0.39 is 6.04 Å². The zero-order chi connectivity index (χ0) is 14.0. The van der Waals surface area contributed by atoms with Gasteiger partial charge in [0, 0.05) is 23.9 Å². The zero-order valence-corrected chi connectivity index (χ0v) is 12.4. The van der Waals surface area contributed by atoms with Crippen molar-refractivity contribution >= 4 is 27.7 Å². The zero-order valence-electron chi connectivity index (χ0n) is 10.8. The van der Waals surface area contributed by atoms with Crippen molar-refractivity contribution in [3.63, 3.8) is 0 Å². The van der Waals surface area contributed by atoms with Crippen LogP contribution in [0.4, 0.5) is 0 Å². The molecule has 0 bridgehead atoms. The molecule has 2 amide bonds. The normalized spacial score (nSPS) is 18.9. The third-order valence-electron chi connectivity index (χ3n) is 3.16. The Morgan fingerprint density at radius 3 is 2.68 bits per heavy atom. The molecule has 0 radical (unpaired) electrons. The molecule has 0 aromatic heterocycles. The summed E-state index contributed by atoms with van der Waals surface area (Å²) < 4.78 is 0.903. The molecule has 1 heterocycles. The van der Waals surface area contributed by atoms with Gasteiger partial charge in [0.1, 0.15) is 6.04 Å². The highest BCUT2D eigenvalue weighted by molar-refractivity contribution is 9.10. The Morgan fingerprint density at radius 2 is 2.00 bits per heavy atom. The van der Waals surface area contributed by atoms with E-state index in [0.29, 0.717) is 0 Å². The van der Waals surface area contributed by atoms with Gasteiger partial charge in [-0.3, -0.25) is 9.59 Å². The molecule has 0 N–H and O–H groups in total. The summed E-state index contributed by atoms with van der Waals surface area (Å²) in [5.41, 5.74) is 0.916. The average Bonchev–Trinajstić information content (AvgIpc) is 2.39. The number of hydrogen-bond acceptors (Lipinski definition) is 2. The van der Waals surface area contributed by atoms with Crippen molar-refractivity contribution in [2.24, 2.45) is 0 Å². The second kappa shape index (κ2) is 5.57. The minimum absolute atomic E-state index is 0.0806. The molecular formula is C14H15BrN2O2. The number of carbonyl (C=O) groups is 2. The Balaban J connectivity index is 2.15. The van der Waals surface area contributed by atoms with Crippen LogP contribution in [-0.4, -0.2) is 34.7 Å². The third-order valence-corrected chi connectivity index (χ3v) is 3.93. The Bertz CT molecular complexity index is 542. The van der Waals surface area contributed by atoms with Gasteiger partial charge in [-0.05, 0) is 18.6 Å². The molecular weight excluding hydrogens is 308 g/mol. The maximum Gasteiger partial charge on any atom is 0.249 e. The highest BCUT2D eigenvalue weighted by Gasteiger charge is 2.29. The van der Waals surface area contributed by atoms with Crippen molar-refractivity contribution in [1.29, 1.82) is 0 Å². The molecule has 0 saturated carbocycles. The first-order chi connectivity index (χ1) is 9.00. The summed E-state index contributed by atoms with van der Waals surface area (Å²) in [6.45, 7) is 1.74. The minimum Gasteiger partial charge on any atom is -0.319 e. The lowest BCUT2D eigenvalue weighted by molar-refractivity contribution is -0.141. The predicted octanol–water partition coefficient (Wildman–Crippen LogP) is 2.15. The molecule has 1 aliphatic rings. The maximum atomic E-state index is 12.3. The largest absolute Gasteiger partial charge is 0.319 e. The summed E-state index contributed by atoms with van der Waals surface area (Å²) >= 11 is 3.42. The Morgan fingerprint density at radius 1 is 1.32 bits per heavy atom. The van der Waals surface area contributed by atoms with Crippen LogP contribution in [0.25, 0.3) is 0 Å². The molecule has 100 valence electrons. The number of likely N-dealkylation sites (N-methyl/N-ethyl adjacent to an activating group) is 1. The number of nitrogens with zero attached hydrogens (tertiary/aromatic N) is 2. The van der Waals surface area contributed by atoms with E-state index in [0.717, 1.165) is 10.0 Å². The first kappa shape index (κ1) is 13.8. The highest BCUT2D eigenvalue weighted by Crippen LogP contribution is 2.19. The SMILES string of the molecule is C[C@H]1C(=O)N(C)C=CN1C(=O)Cc1ccccc1Br. The minimum atomic E-state index is -0.454. The number of hydrogen-bond donors (Lipinski definition) is 0. The molecule has 19 heavy (non-hydrogen) atoms. The average molecular weight is 323 g/mol. The summed E-state index contributed by atoms with van der Waals surface area (Å²) in [6.07, 6.45) is 3.54. The van der Waals surface area contributed by atoms with Crippen molar-refractivity contribution in [3.8, 4) is 0 Å². The quantitative estimate of drug-likeness (QED) is 0.837. The van der Waals surface area contributed by atoms with E-state index in [1.165, 1.54) is 9.80 Å². The van der Waals surface area contributed by atoms with Crippen LogP contribution in [0.2, 0.25) is 0 Å². The molecule has 0 aliphatic carbocycles. The standard InChI is InChI=1S/C14H15BrN2O2/c1-10-14(19)16(2)7-8-17(10)13(18)9-11-5-3-4-6-12(11)15/h3-8,10H,9H2,1-2H3/t10-/m0/s1. The summed E-state index contributed by atoms with van der Waals surface area (Å²) in [7, 11) is 1.69. The molecule has 4 nitrogen and oxygen atoms in total. The van der Waals surface area contributed by atoms with Crippen LogP contribution in [-0.2, 0) is 16.0 Å². The summed E-state index contributed by atoms with van der Waals surface area (Å²) in [4.78, 5) is 27.1. The van der Waals surface area contributed by atoms with Gasteiger partial charge in [0.25, 0.3) is 0 Å². The van der Waals surface area contributed by atoms with E-state index in [9.17, 15) is 9.59 Å². The van der Waals surface area contributed by atoms with Gasteiger partial charge in [-0.25, -0.2) is 0 Å². The topological polar surface area (TPSA) is 40.6 Å². The molecule has 2 rings (SSSR count). The fourth-order valence-corrected chi connectivity index (χ4v) is 2.41. The van der Waals surface area contributed by atoms with Crippen molar-refractivity contribution in [1.82, 2.24) is 9.80 Å². The van der Waals surface area contributed by atoms with Crippen LogP contribution >= 0.6 is 15.9 Å². The summed E-state index contributed by atoms with van der Waals surface area (Å²) in [5, 5.41) is 0. The lowest BCUT2D eigenvalue weighted by atomic mass is 10.1. The molecule has 0 saturated heterocycles. The van der Waals surface area contributed by atoms with Gasteiger partial charge in [-0.2, -0.15) is 0 Å². The highest BCUT2D eigenvalue weighted by atomic mass is 79.9. The summed E-state index contributed by atoms with van der Waals surface area (Å²) in [6, 6.07) is 7.14. The van der Waals surface area contributed by atoms with Crippen molar-refractivity contribution in [2.75, 3.05) is 7.05 Å². The van der Waals surface area contributed by atoms with E-state index in [4.69, 9.17) is 0 Å². The van der Waals surface area contributed by atoms with Crippen LogP contribution < -0.4 is 0 Å². The molecule has 0 fully saturated rings. The second-order valence-corrected chi connectivity index (χ2v) is 5.35. The fourth-order valence-electron chi connectivity index (χ4n) is 1.98. The van der Waals surface area contributed by atoms with Crippen molar-refractivity contribution in [2.45, 2.75) is 19.4 Å². The summed E-state index contributed by atoms with van der Waals surface area (Å²) in [5.74, 6) is -0.167. The molecule has 5 heteroatoms. The Hall–Kier alpha value is -1.62. The number of halogens is 1. The fraction of sp³-hybridized carbons (Fsp3) is 0.286. The van der Waals surface area contributed by atoms with Crippen molar-refractivity contribution < 1.29 is 9.59 Å². The Labute approximate surface area is 120 Å². The van der Waals surface area contributed by atoms with Gasteiger partial charge >= 0.3 is 0 Å². The number of benzene rings is 1. The lowest BCUT2D eigenvalue weighted by Gasteiger charge is -2.32. The number of amides is 2. The third kappa shape index (κ3) is 2.87. The molecule has 0 unspecified atom stereocenters. The monoisotopic (exact) mass is 322 g/mol. The van der Waals surface area contributed by atoms with Gasteiger partial charge in [0.15, 0.2) is 0 Å². The van der Waals surface area contributed by atoms with E-state index in [1.807, 2.05) is 24.3 Å². The Kier molecular flexibility index (Phi) is 4.04. The van der Waals surface area contributed by atoms with Gasteiger partial charge in [0.2, 0.25) is 11.8 Å². The van der Waals surface area contributed by atoms with E-state index in [2.05, 4.69) is 15.9 Å². The molecule has 1 aromatic rings. The van der Waals surface area contributed by atoms with Gasteiger partial charge in [0.05, 0.1) is 6.42 Å². The second-order valence-electron chi connectivity index (χ2n) is 4.49. The molecule has 1 atom stereocenters. The van der Waals surface area contributed by atoms with Crippen LogP contribution in [0.5, 0.6) is 0 Å². The number of rotatable bonds is 2. The van der Waals surface area contributed by atoms with Crippen LogP contribution in [0.15, 0.2) is 41.1 Å². The lowest BCUT2D eigenvalue weighted by Crippen LogP contribution is -2.48. The van der Waals surface area contributed by atoms with Crippen LogP contribution in [0.3, 0.4) is 0 Å². The molecule has 1 aromatic carbocycles. The van der Waals surface area contributed by atoms with Gasteiger partial charge < -0.3 is 9.80 Å². The van der Waals surface area contributed by atoms with Gasteiger partial charge in [-0.15, -0.1) is 0 Å². The van der Waals surface area contributed by atoms with E-state index in [1.54, 1.807) is 26.4 Å². The van der Waals surface area contributed by atoms with Crippen molar-refractivity contribution in [3.05, 3.63) is 46.7 Å². The first-order valence-electron chi connectivity index (χ1n) is 6.00. The first-order valence-corrected chi connectivity index (χ1v) is 6.79. The number of carbonyl (C=O) groups excluding carboxylic acids is 2. The van der Waals surface area contributed by atoms with Crippen LogP contribution in [0.1, 0.15) is 12.5 Å². The predicted molar refractivity (Wildman–Crippen MR) is 76.1 cm³/mol. The van der Waals surface area contributed by atoms with Crippen LogP contribution in [0, 0.1) is 0 Å². The van der Waals surface area contributed by atoms with E-state index >= 15 is 0 Å². The molecule has 1 aliphatic heterocycles. The maximum absolute atomic E-state index is 12.3. The smallest absolute Gasteiger partial charge is 0.249 e. The van der Waals surface area contributed by atoms with Gasteiger partial charge in [-0.1, -0.05) is 34.1 Å². The van der Waals surface area contributed by atoms with E-state index in [-0.39, 0.29) is 18.2 Å².